The molecule has 0 bridgehead atoms. The van der Waals surface area contributed by atoms with Gasteiger partial charge in [0.05, 0.1) is 16.1 Å². The number of benzene rings is 2. The highest BCUT2D eigenvalue weighted by atomic mass is 35.5. The molecular weight excluding hydrogens is 316 g/mol. The second-order valence-electron chi connectivity index (χ2n) is 4.87. The van der Waals surface area contributed by atoms with E-state index in [9.17, 15) is 4.79 Å². The molecule has 0 saturated heterocycles. The van der Waals surface area contributed by atoms with Gasteiger partial charge >= 0.3 is 5.97 Å². The largest absolute Gasteiger partial charge is 0.452 e. The molecule has 0 spiro atoms. The van der Waals surface area contributed by atoms with Crippen LogP contribution in [0.2, 0.25) is 5.02 Å². The quantitative estimate of drug-likeness (QED) is 0.676. The first kappa shape index (κ1) is 15.2. The molecule has 3 aromatic rings. The summed E-state index contributed by atoms with van der Waals surface area (Å²) in [6.07, 6.45) is 0. The van der Waals surface area contributed by atoms with Crippen LogP contribution in [0, 0.1) is 6.92 Å². The molecular formula is C17H13ClN2O3. The first-order valence-corrected chi connectivity index (χ1v) is 7.33. The van der Waals surface area contributed by atoms with Crippen LogP contribution in [0.1, 0.15) is 21.8 Å². The van der Waals surface area contributed by atoms with E-state index in [1.165, 1.54) is 0 Å². The normalized spacial score (nSPS) is 10.5. The molecule has 0 aliphatic carbocycles. The van der Waals surface area contributed by atoms with Crippen LogP contribution < -0.4 is 0 Å². The van der Waals surface area contributed by atoms with Gasteiger partial charge in [0, 0.05) is 0 Å². The summed E-state index contributed by atoms with van der Waals surface area (Å²) in [7, 11) is 0. The van der Waals surface area contributed by atoms with Crippen LogP contribution in [0.15, 0.2) is 52.9 Å². The van der Waals surface area contributed by atoms with E-state index in [-0.39, 0.29) is 18.4 Å². The van der Waals surface area contributed by atoms with Crippen molar-refractivity contribution >= 4 is 17.6 Å². The molecule has 0 aliphatic heterocycles. The predicted octanol–water partition coefficient (Wildman–Crippen LogP) is 4.06. The zero-order valence-corrected chi connectivity index (χ0v) is 13.1. The SMILES string of the molecule is Cc1ccccc1C(=O)OCc1nnc(-c2ccccc2Cl)o1. The van der Waals surface area contributed by atoms with Crippen molar-refractivity contribution < 1.29 is 13.9 Å². The molecule has 0 atom stereocenters. The van der Waals surface area contributed by atoms with Crippen LogP contribution in [-0.2, 0) is 11.3 Å². The summed E-state index contributed by atoms with van der Waals surface area (Å²) < 4.78 is 10.7. The third kappa shape index (κ3) is 3.40. The second kappa shape index (κ2) is 6.62. The maximum absolute atomic E-state index is 12.0. The van der Waals surface area contributed by atoms with Crippen LogP contribution in [-0.4, -0.2) is 16.2 Å². The van der Waals surface area contributed by atoms with E-state index in [0.717, 1.165) is 5.56 Å². The molecule has 0 radical (unpaired) electrons. The van der Waals surface area contributed by atoms with E-state index in [0.29, 0.717) is 16.1 Å². The Morgan fingerprint density at radius 3 is 2.65 bits per heavy atom. The maximum atomic E-state index is 12.0. The predicted molar refractivity (Wildman–Crippen MR) is 85.0 cm³/mol. The van der Waals surface area contributed by atoms with Crippen molar-refractivity contribution in [3.8, 4) is 11.5 Å². The molecule has 1 heterocycles. The molecule has 0 amide bonds. The van der Waals surface area contributed by atoms with Crippen LogP contribution in [0.5, 0.6) is 0 Å². The second-order valence-corrected chi connectivity index (χ2v) is 5.28. The Labute approximate surface area is 137 Å². The van der Waals surface area contributed by atoms with Crippen LogP contribution in [0.25, 0.3) is 11.5 Å². The summed E-state index contributed by atoms with van der Waals surface area (Å²) >= 11 is 6.08. The molecule has 6 heteroatoms. The highest BCUT2D eigenvalue weighted by molar-refractivity contribution is 6.33. The lowest BCUT2D eigenvalue weighted by atomic mass is 10.1. The number of carbonyl (C=O) groups is 1. The van der Waals surface area contributed by atoms with Gasteiger partial charge in [-0.1, -0.05) is 41.9 Å². The molecule has 0 unspecified atom stereocenters. The number of ether oxygens (including phenoxy) is 1. The molecule has 116 valence electrons. The zero-order valence-electron chi connectivity index (χ0n) is 12.3. The van der Waals surface area contributed by atoms with Crippen molar-refractivity contribution in [1.29, 1.82) is 0 Å². The van der Waals surface area contributed by atoms with Crippen LogP contribution >= 0.6 is 11.6 Å². The van der Waals surface area contributed by atoms with Gasteiger partial charge in [-0.25, -0.2) is 4.79 Å². The Bertz CT molecular complexity index is 845. The lowest BCUT2D eigenvalue weighted by molar-refractivity contribution is 0.0438. The Balaban J connectivity index is 1.70. The Morgan fingerprint density at radius 1 is 1.13 bits per heavy atom. The van der Waals surface area contributed by atoms with Crippen molar-refractivity contribution in [2.24, 2.45) is 0 Å². The van der Waals surface area contributed by atoms with Crippen molar-refractivity contribution in [2.45, 2.75) is 13.5 Å². The van der Waals surface area contributed by atoms with E-state index in [2.05, 4.69) is 10.2 Å². The van der Waals surface area contributed by atoms with Gasteiger partial charge < -0.3 is 9.15 Å². The number of nitrogens with zero attached hydrogens (tertiary/aromatic N) is 2. The summed E-state index contributed by atoms with van der Waals surface area (Å²) in [5.74, 6) is 0.0694. The first-order chi connectivity index (χ1) is 11.1. The molecule has 0 saturated carbocycles. The Hall–Kier alpha value is -2.66. The number of hydrogen-bond donors (Lipinski definition) is 0. The van der Waals surface area contributed by atoms with E-state index < -0.39 is 5.97 Å². The van der Waals surface area contributed by atoms with Gasteiger partial charge in [-0.2, -0.15) is 0 Å². The fourth-order valence-corrected chi connectivity index (χ4v) is 2.28. The molecule has 0 N–H and O–H groups in total. The van der Waals surface area contributed by atoms with Gasteiger partial charge in [-0.3, -0.25) is 0 Å². The minimum Gasteiger partial charge on any atom is -0.452 e. The lowest BCUT2D eigenvalue weighted by Gasteiger charge is -2.04. The van der Waals surface area contributed by atoms with Crippen molar-refractivity contribution in [3.63, 3.8) is 0 Å². The van der Waals surface area contributed by atoms with E-state index in [1.54, 1.807) is 24.3 Å². The minimum atomic E-state index is -0.430. The third-order valence-corrected chi connectivity index (χ3v) is 3.59. The molecule has 2 aromatic carbocycles. The first-order valence-electron chi connectivity index (χ1n) is 6.95. The third-order valence-electron chi connectivity index (χ3n) is 3.26. The topological polar surface area (TPSA) is 65.2 Å². The number of aromatic nitrogens is 2. The smallest absolute Gasteiger partial charge is 0.338 e. The fourth-order valence-electron chi connectivity index (χ4n) is 2.06. The van der Waals surface area contributed by atoms with Gasteiger partial charge in [0.1, 0.15) is 0 Å². The zero-order chi connectivity index (χ0) is 16.2. The van der Waals surface area contributed by atoms with Gasteiger partial charge in [0.25, 0.3) is 5.89 Å². The molecule has 0 fully saturated rings. The van der Waals surface area contributed by atoms with Gasteiger partial charge in [0.15, 0.2) is 6.61 Å². The molecule has 23 heavy (non-hydrogen) atoms. The van der Waals surface area contributed by atoms with Gasteiger partial charge in [-0.15, -0.1) is 10.2 Å². The Kier molecular flexibility index (Phi) is 4.39. The highest BCUT2D eigenvalue weighted by Crippen LogP contribution is 2.26. The number of hydrogen-bond acceptors (Lipinski definition) is 5. The molecule has 0 aliphatic rings. The summed E-state index contributed by atoms with van der Waals surface area (Å²) in [4.78, 5) is 12.0. The summed E-state index contributed by atoms with van der Waals surface area (Å²) in [6.45, 7) is 1.75. The highest BCUT2D eigenvalue weighted by Gasteiger charge is 2.14. The molecule has 1 aromatic heterocycles. The van der Waals surface area contributed by atoms with Gasteiger partial charge in [-0.05, 0) is 30.7 Å². The number of aryl methyl sites for hydroxylation is 1. The maximum Gasteiger partial charge on any atom is 0.338 e. The average Bonchev–Trinajstić information content (AvgIpc) is 3.02. The lowest BCUT2D eigenvalue weighted by Crippen LogP contribution is -2.07. The van der Waals surface area contributed by atoms with Crippen molar-refractivity contribution in [1.82, 2.24) is 10.2 Å². The van der Waals surface area contributed by atoms with Crippen molar-refractivity contribution in [2.75, 3.05) is 0 Å². The average molecular weight is 329 g/mol. The summed E-state index contributed by atoms with van der Waals surface area (Å²) in [6, 6.07) is 14.3. The molecule has 3 rings (SSSR count). The minimum absolute atomic E-state index is 0.0926. The summed E-state index contributed by atoms with van der Waals surface area (Å²) in [5.41, 5.74) is 2.00. The number of rotatable bonds is 4. The van der Waals surface area contributed by atoms with E-state index in [1.807, 2.05) is 31.2 Å². The summed E-state index contributed by atoms with van der Waals surface area (Å²) in [5, 5.41) is 8.31. The number of esters is 1. The Morgan fingerprint density at radius 2 is 1.87 bits per heavy atom. The van der Waals surface area contributed by atoms with E-state index >= 15 is 0 Å². The fraction of sp³-hybridized carbons (Fsp3) is 0.118. The monoisotopic (exact) mass is 328 g/mol. The van der Waals surface area contributed by atoms with Crippen LogP contribution in [0.3, 0.4) is 0 Å². The number of halogens is 1. The standard InChI is InChI=1S/C17H13ClN2O3/c1-11-6-2-3-7-12(11)17(21)22-10-15-19-20-16(23-15)13-8-4-5-9-14(13)18/h2-9H,10H2,1H3. The van der Waals surface area contributed by atoms with Gasteiger partial charge in [0.2, 0.25) is 5.89 Å². The van der Waals surface area contributed by atoms with Crippen molar-refractivity contribution in [3.05, 3.63) is 70.6 Å². The molecule has 5 nitrogen and oxygen atoms in total. The van der Waals surface area contributed by atoms with E-state index in [4.69, 9.17) is 20.8 Å². The van der Waals surface area contributed by atoms with Crippen LogP contribution in [0.4, 0.5) is 0 Å². The number of carbonyl (C=O) groups excluding carboxylic acids is 1.